The zero-order chi connectivity index (χ0) is 20.1. The molecule has 138 valence electrons. The molecule has 3 rings (SSSR count). The Morgan fingerprint density at radius 1 is 1.29 bits per heavy atom. The first-order chi connectivity index (χ1) is 13.5. The number of methoxy groups -OCH3 is 1. The van der Waals surface area contributed by atoms with E-state index in [1.807, 2.05) is 6.07 Å². The lowest BCUT2D eigenvalue weighted by Gasteiger charge is -2.15. The molecule has 8 heteroatoms. The van der Waals surface area contributed by atoms with Crippen LogP contribution in [0.25, 0.3) is 11.1 Å². The number of carbonyl (C=O) groups is 1. The van der Waals surface area contributed by atoms with Crippen LogP contribution in [0.1, 0.15) is 21.6 Å². The van der Waals surface area contributed by atoms with Crippen LogP contribution in [0.15, 0.2) is 48.8 Å². The molecule has 0 saturated heterocycles. The third kappa shape index (κ3) is 3.78. The molecule has 28 heavy (non-hydrogen) atoms. The van der Waals surface area contributed by atoms with E-state index in [1.165, 1.54) is 13.3 Å². The van der Waals surface area contributed by atoms with E-state index >= 15 is 0 Å². The molecule has 0 spiro atoms. The molecule has 4 N–H and O–H groups in total. The third-order valence-corrected chi connectivity index (χ3v) is 3.95. The van der Waals surface area contributed by atoms with Gasteiger partial charge in [0.25, 0.3) is 0 Å². The SMILES string of the molecule is COC(=O)c1cc(-c2cncc(N)c2)cc(Nc2cccc(C#N)n2)c1C=N. The van der Waals surface area contributed by atoms with Gasteiger partial charge in [-0.1, -0.05) is 6.07 Å². The molecule has 0 unspecified atom stereocenters. The van der Waals surface area contributed by atoms with E-state index in [4.69, 9.17) is 21.1 Å². The summed E-state index contributed by atoms with van der Waals surface area (Å²) in [5, 5.41) is 19.9. The van der Waals surface area contributed by atoms with E-state index < -0.39 is 5.97 Å². The molecule has 1 aromatic carbocycles. The lowest BCUT2D eigenvalue weighted by Crippen LogP contribution is -2.09. The normalized spacial score (nSPS) is 10.0. The van der Waals surface area contributed by atoms with E-state index in [0.29, 0.717) is 33.9 Å². The Labute approximate surface area is 161 Å². The summed E-state index contributed by atoms with van der Waals surface area (Å²) in [6.07, 6.45) is 4.20. The summed E-state index contributed by atoms with van der Waals surface area (Å²) >= 11 is 0. The van der Waals surface area contributed by atoms with Crippen LogP contribution in [0.4, 0.5) is 17.2 Å². The fourth-order valence-electron chi connectivity index (χ4n) is 2.68. The van der Waals surface area contributed by atoms with Gasteiger partial charge in [0.2, 0.25) is 0 Å². The Bertz CT molecular complexity index is 1100. The number of carbonyl (C=O) groups excluding carboxylic acids is 1. The van der Waals surface area contributed by atoms with Gasteiger partial charge in [-0.05, 0) is 35.9 Å². The molecule has 0 bridgehead atoms. The molecular weight excluding hydrogens is 356 g/mol. The number of nitrogens with one attached hydrogen (secondary N) is 2. The van der Waals surface area contributed by atoms with Crippen LogP contribution >= 0.6 is 0 Å². The largest absolute Gasteiger partial charge is 0.465 e. The Morgan fingerprint density at radius 3 is 2.79 bits per heavy atom. The number of hydrogen-bond donors (Lipinski definition) is 3. The summed E-state index contributed by atoms with van der Waals surface area (Å²) < 4.78 is 4.87. The highest BCUT2D eigenvalue weighted by Gasteiger charge is 2.18. The number of benzene rings is 1. The third-order valence-electron chi connectivity index (χ3n) is 3.95. The number of ether oxygens (including phenoxy) is 1. The number of anilines is 3. The number of nitrogens with zero attached hydrogens (tertiary/aromatic N) is 3. The first-order valence-electron chi connectivity index (χ1n) is 8.17. The lowest BCUT2D eigenvalue weighted by molar-refractivity contribution is 0.0600. The molecule has 2 heterocycles. The second-order valence-corrected chi connectivity index (χ2v) is 5.77. The van der Waals surface area contributed by atoms with Gasteiger partial charge in [0, 0.05) is 35.4 Å². The summed E-state index contributed by atoms with van der Waals surface area (Å²) in [5.41, 5.74) is 8.89. The molecule has 2 aromatic heterocycles. The Hall–Kier alpha value is -4.25. The van der Waals surface area contributed by atoms with Gasteiger partial charge in [-0.15, -0.1) is 0 Å². The van der Waals surface area contributed by atoms with Gasteiger partial charge >= 0.3 is 5.97 Å². The van der Waals surface area contributed by atoms with Crippen molar-refractivity contribution in [2.75, 3.05) is 18.2 Å². The van der Waals surface area contributed by atoms with Crippen molar-refractivity contribution < 1.29 is 9.53 Å². The number of nitriles is 1. The van der Waals surface area contributed by atoms with Gasteiger partial charge in [-0.25, -0.2) is 9.78 Å². The fraction of sp³-hybridized carbons (Fsp3) is 0.0500. The van der Waals surface area contributed by atoms with E-state index in [0.717, 1.165) is 6.21 Å². The van der Waals surface area contributed by atoms with Crippen LogP contribution in [0.2, 0.25) is 0 Å². The number of esters is 1. The molecule has 0 fully saturated rings. The van der Waals surface area contributed by atoms with Gasteiger partial charge < -0.3 is 21.2 Å². The maximum absolute atomic E-state index is 12.3. The van der Waals surface area contributed by atoms with E-state index in [9.17, 15) is 4.79 Å². The molecule has 3 aromatic rings. The summed E-state index contributed by atoms with van der Waals surface area (Å²) in [5.74, 6) is -0.181. The highest BCUT2D eigenvalue weighted by Crippen LogP contribution is 2.31. The predicted molar refractivity (Wildman–Crippen MR) is 106 cm³/mol. The molecule has 0 aliphatic heterocycles. The minimum atomic E-state index is -0.584. The highest BCUT2D eigenvalue weighted by atomic mass is 16.5. The molecular formula is C20H16N6O2. The Morgan fingerprint density at radius 2 is 2.11 bits per heavy atom. The summed E-state index contributed by atoms with van der Waals surface area (Å²) in [6.45, 7) is 0. The standard InChI is InChI=1S/C20H16N6O2/c1-28-20(27)16-6-12(13-5-14(23)11-24-10-13)7-18(17(16)9-22)26-19-4-2-3-15(8-21)25-19/h2-7,9-11,22H,23H2,1H3,(H,25,26). The fourth-order valence-corrected chi connectivity index (χ4v) is 2.68. The number of rotatable bonds is 5. The molecule has 0 aliphatic rings. The van der Waals surface area contributed by atoms with Crippen molar-refractivity contribution in [3.05, 3.63) is 65.6 Å². The number of nitrogen functional groups attached to an aromatic ring is 1. The maximum atomic E-state index is 12.3. The van der Waals surface area contributed by atoms with Crippen molar-refractivity contribution in [2.45, 2.75) is 0 Å². The van der Waals surface area contributed by atoms with Gasteiger partial charge in [-0.2, -0.15) is 5.26 Å². The molecule has 0 atom stereocenters. The molecule has 8 nitrogen and oxygen atoms in total. The average molecular weight is 372 g/mol. The van der Waals surface area contributed by atoms with Crippen LogP contribution in [0, 0.1) is 16.7 Å². The van der Waals surface area contributed by atoms with Gasteiger partial charge in [0.05, 0.1) is 18.4 Å². The topological polar surface area (TPSA) is 138 Å². The molecule has 0 radical (unpaired) electrons. The summed E-state index contributed by atoms with van der Waals surface area (Å²) in [7, 11) is 1.27. The van der Waals surface area contributed by atoms with Crippen LogP contribution < -0.4 is 11.1 Å². The van der Waals surface area contributed by atoms with E-state index in [2.05, 4.69) is 15.3 Å². The zero-order valence-electron chi connectivity index (χ0n) is 14.9. The molecule has 0 amide bonds. The van der Waals surface area contributed by atoms with Crippen molar-refractivity contribution >= 4 is 29.4 Å². The van der Waals surface area contributed by atoms with Crippen molar-refractivity contribution in [3.8, 4) is 17.2 Å². The van der Waals surface area contributed by atoms with Gasteiger partial charge in [0.1, 0.15) is 17.6 Å². The zero-order valence-corrected chi connectivity index (χ0v) is 14.9. The number of aromatic nitrogens is 2. The van der Waals surface area contributed by atoms with Crippen molar-refractivity contribution in [1.82, 2.24) is 9.97 Å². The molecule has 0 saturated carbocycles. The van der Waals surface area contributed by atoms with Gasteiger partial charge in [0.15, 0.2) is 0 Å². The number of nitrogens with two attached hydrogens (primary N) is 1. The monoisotopic (exact) mass is 372 g/mol. The van der Waals surface area contributed by atoms with E-state index in [1.54, 1.807) is 42.6 Å². The van der Waals surface area contributed by atoms with E-state index in [-0.39, 0.29) is 11.3 Å². The molecule has 0 aliphatic carbocycles. The minimum absolute atomic E-state index is 0.205. The number of pyridine rings is 2. The lowest BCUT2D eigenvalue weighted by atomic mass is 9.98. The first-order valence-corrected chi connectivity index (χ1v) is 8.17. The Balaban J connectivity index is 2.18. The average Bonchev–Trinajstić information content (AvgIpc) is 2.72. The number of hydrogen-bond acceptors (Lipinski definition) is 8. The van der Waals surface area contributed by atoms with Crippen molar-refractivity contribution in [1.29, 1.82) is 10.7 Å². The maximum Gasteiger partial charge on any atom is 0.338 e. The van der Waals surface area contributed by atoms with Crippen LogP contribution in [-0.4, -0.2) is 29.3 Å². The second kappa shape index (κ2) is 7.97. The smallest absolute Gasteiger partial charge is 0.338 e. The predicted octanol–water partition coefficient (Wildman–Crippen LogP) is 3.13. The summed E-state index contributed by atoms with van der Waals surface area (Å²) in [6, 6.07) is 12.0. The first kappa shape index (κ1) is 18.5. The quantitative estimate of drug-likeness (QED) is 0.462. The van der Waals surface area contributed by atoms with Crippen LogP contribution in [0.3, 0.4) is 0 Å². The summed E-state index contributed by atoms with van der Waals surface area (Å²) in [4.78, 5) is 20.6. The van der Waals surface area contributed by atoms with Crippen LogP contribution in [0.5, 0.6) is 0 Å². The van der Waals surface area contributed by atoms with Gasteiger partial charge in [-0.3, -0.25) is 4.98 Å². The Kier molecular flexibility index (Phi) is 5.28. The second-order valence-electron chi connectivity index (χ2n) is 5.77. The van der Waals surface area contributed by atoms with Crippen molar-refractivity contribution in [3.63, 3.8) is 0 Å². The minimum Gasteiger partial charge on any atom is -0.465 e. The highest BCUT2D eigenvalue weighted by molar-refractivity contribution is 6.04. The van der Waals surface area contributed by atoms with Crippen molar-refractivity contribution in [2.24, 2.45) is 0 Å². The van der Waals surface area contributed by atoms with Crippen LogP contribution in [-0.2, 0) is 4.74 Å².